The molecule has 0 saturated carbocycles. The van der Waals surface area contributed by atoms with Crippen LogP contribution in [0.3, 0.4) is 0 Å². The number of methoxy groups -OCH3 is 1. The van der Waals surface area contributed by atoms with Crippen LogP contribution in [0.25, 0.3) is 11.0 Å². The predicted molar refractivity (Wildman–Crippen MR) is 75.0 cm³/mol. The fraction of sp³-hybridized carbons (Fsp3) is 0.385. The smallest absolute Gasteiger partial charge is 0.220 e. The SMILES string of the molecule is COc1ccc2c(c1)[nH]c(=S)n2C1CCC(=O)NC1. The highest BCUT2D eigenvalue weighted by atomic mass is 32.1. The zero-order chi connectivity index (χ0) is 13.4. The molecule has 6 heteroatoms. The molecule has 1 aliphatic heterocycles. The Balaban J connectivity index is 2.05. The van der Waals surface area contributed by atoms with Gasteiger partial charge in [-0.25, -0.2) is 0 Å². The number of benzene rings is 1. The van der Waals surface area contributed by atoms with Crippen molar-refractivity contribution in [1.82, 2.24) is 14.9 Å². The first-order valence-corrected chi connectivity index (χ1v) is 6.65. The summed E-state index contributed by atoms with van der Waals surface area (Å²) in [7, 11) is 1.64. The molecule has 1 unspecified atom stereocenters. The second-order valence-corrected chi connectivity index (χ2v) is 5.07. The van der Waals surface area contributed by atoms with E-state index in [9.17, 15) is 4.79 Å². The molecule has 1 aromatic heterocycles. The number of carbonyl (C=O) groups excluding carboxylic acids is 1. The highest BCUT2D eigenvalue weighted by molar-refractivity contribution is 7.71. The summed E-state index contributed by atoms with van der Waals surface area (Å²) in [6, 6.07) is 6.07. The lowest BCUT2D eigenvalue weighted by Gasteiger charge is -2.24. The fourth-order valence-corrected chi connectivity index (χ4v) is 2.90. The summed E-state index contributed by atoms with van der Waals surface area (Å²) < 4.78 is 7.98. The Labute approximate surface area is 115 Å². The number of nitrogens with zero attached hydrogens (tertiary/aromatic N) is 1. The molecule has 0 bridgehead atoms. The lowest BCUT2D eigenvalue weighted by atomic mass is 10.1. The second kappa shape index (κ2) is 4.70. The average Bonchev–Trinajstić information content (AvgIpc) is 2.74. The van der Waals surface area contributed by atoms with Crippen LogP contribution >= 0.6 is 12.2 Å². The number of hydrogen-bond acceptors (Lipinski definition) is 3. The number of amides is 1. The van der Waals surface area contributed by atoms with Crippen LogP contribution in [0.2, 0.25) is 0 Å². The average molecular weight is 277 g/mol. The van der Waals surface area contributed by atoms with Crippen LogP contribution in [-0.4, -0.2) is 29.1 Å². The zero-order valence-corrected chi connectivity index (χ0v) is 11.4. The number of imidazole rings is 1. The molecule has 19 heavy (non-hydrogen) atoms. The number of piperidine rings is 1. The summed E-state index contributed by atoms with van der Waals surface area (Å²) in [6.45, 7) is 0.631. The van der Waals surface area contributed by atoms with Crippen LogP contribution in [-0.2, 0) is 4.79 Å². The first-order valence-electron chi connectivity index (χ1n) is 6.24. The van der Waals surface area contributed by atoms with Gasteiger partial charge in [-0.15, -0.1) is 0 Å². The van der Waals surface area contributed by atoms with Crippen molar-refractivity contribution < 1.29 is 9.53 Å². The molecule has 2 heterocycles. The third kappa shape index (κ3) is 2.12. The Bertz CT molecular complexity index is 679. The van der Waals surface area contributed by atoms with E-state index in [0.717, 1.165) is 23.2 Å². The number of hydrogen-bond donors (Lipinski definition) is 2. The van der Waals surface area contributed by atoms with Crippen LogP contribution in [0, 0.1) is 4.77 Å². The molecule has 1 fully saturated rings. The number of carbonyl (C=O) groups is 1. The number of aromatic amines is 1. The van der Waals surface area contributed by atoms with Gasteiger partial charge < -0.3 is 19.6 Å². The van der Waals surface area contributed by atoms with Gasteiger partial charge in [-0.3, -0.25) is 4.79 Å². The monoisotopic (exact) mass is 277 g/mol. The van der Waals surface area contributed by atoms with E-state index < -0.39 is 0 Å². The van der Waals surface area contributed by atoms with Gasteiger partial charge in [0, 0.05) is 19.0 Å². The number of fused-ring (bicyclic) bond motifs is 1. The first kappa shape index (κ1) is 12.2. The maximum atomic E-state index is 11.2. The molecule has 2 N–H and O–H groups in total. The Kier molecular flexibility index (Phi) is 3.02. The van der Waals surface area contributed by atoms with E-state index in [-0.39, 0.29) is 11.9 Å². The van der Waals surface area contributed by atoms with Gasteiger partial charge in [0.05, 0.1) is 24.2 Å². The van der Waals surface area contributed by atoms with Crippen molar-refractivity contribution in [3.05, 3.63) is 23.0 Å². The minimum absolute atomic E-state index is 0.115. The zero-order valence-electron chi connectivity index (χ0n) is 10.6. The lowest BCUT2D eigenvalue weighted by molar-refractivity contribution is -0.122. The molecule has 0 radical (unpaired) electrons. The van der Waals surface area contributed by atoms with Gasteiger partial charge in [0.15, 0.2) is 4.77 Å². The van der Waals surface area contributed by atoms with E-state index in [4.69, 9.17) is 17.0 Å². The number of H-pyrrole nitrogens is 1. The first-order chi connectivity index (χ1) is 9.19. The van der Waals surface area contributed by atoms with Gasteiger partial charge >= 0.3 is 0 Å². The molecule has 1 aliphatic rings. The molecule has 3 rings (SSSR count). The molecule has 1 atom stereocenters. The predicted octanol–water partition coefficient (Wildman–Crippen LogP) is 2.16. The Hall–Kier alpha value is -1.82. The van der Waals surface area contributed by atoms with Crippen molar-refractivity contribution in [3.63, 3.8) is 0 Å². The van der Waals surface area contributed by atoms with E-state index in [2.05, 4.69) is 14.9 Å². The highest BCUT2D eigenvalue weighted by Gasteiger charge is 2.21. The van der Waals surface area contributed by atoms with E-state index >= 15 is 0 Å². The summed E-state index contributed by atoms with van der Waals surface area (Å²) in [6.07, 6.45) is 1.37. The van der Waals surface area contributed by atoms with Crippen molar-refractivity contribution in [3.8, 4) is 5.75 Å². The Morgan fingerprint density at radius 1 is 1.47 bits per heavy atom. The van der Waals surface area contributed by atoms with Gasteiger partial charge in [0.25, 0.3) is 0 Å². The van der Waals surface area contributed by atoms with E-state index in [1.807, 2.05) is 18.2 Å². The van der Waals surface area contributed by atoms with Crippen molar-refractivity contribution in [2.45, 2.75) is 18.9 Å². The quantitative estimate of drug-likeness (QED) is 0.827. The summed E-state index contributed by atoms with van der Waals surface area (Å²) in [5, 5.41) is 2.89. The molecule has 1 amide bonds. The normalized spacial score (nSPS) is 19.4. The topological polar surface area (TPSA) is 59.0 Å². The molecule has 1 aromatic carbocycles. The minimum Gasteiger partial charge on any atom is -0.497 e. The van der Waals surface area contributed by atoms with E-state index in [1.165, 1.54) is 0 Å². The largest absolute Gasteiger partial charge is 0.497 e. The molecule has 5 nitrogen and oxygen atoms in total. The third-order valence-electron chi connectivity index (χ3n) is 3.53. The van der Waals surface area contributed by atoms with Crippen molar-refractivity contribution in [2.75, 3.05) is 13.7 Å². The highest BCUT2D eigenvalue weighted by Crippen LogP contribution is 2.26. The maximum absolute atomic E-state index is 11.2. The fourth-order valence-electron chi connectivity index (χ4n) is 2.54. The van der Waals surface area contributed by atoms with Gasteiger partial charge in [-0.2, -0.15) is 0 Å². The molecule has 0 spiro atoms. The summed E-state index contributed by atoms with van der Waals surface area (Å²) in [5.74, 6) is 0.914. The van der Waals surface area contributed by atoms with Gasteiger partial charge in [-0.1, -0.05) is 0 Å². The lowest BCUT2D eigenvalue weighted by Crippen LogP contribution is -2.36. The summed E-state index contributed by atoms with van der Waals surface area (Å²) in [5.41, 5.74) is 2.01. The molecule has 2 aromatic rings. The standard InChI is InChI=1S/C13H15N3O2S/c1-18-9-3-4-11-10(6-9)15-13(19)16(11)8-2-5-12(17)14-7-8/h3-4,6,8H,2,5,7H2,1H3,(H,14,17)(H,15,19). The van der Waals surface area contributed by atoms with Gasteiger partial charge in [-0.05, 0) is 30.8 Å². The number of aromatic nitrogens is 2. The number of ether oxygens (including phenoxy) is 1. The van der Waals surface area contributed by atoms with Gasteiger partial charge in [0.1, 0.15) is 5.75 Å². The van der Waals surface area contributed by atoms with Crippen LogP contribution in [0.15, 0.2) is 18.2 Å². The van der Waals surface area contributed by atoms with Crippen LogP contribution in [0.4, 0.5) is 0 Å². The van der Waals surface area contributed by atoms with Crippen LogP contribution in [0.1, 0.15) is 18.9 Å². The van der Waals surface area contributed by atoms with E-state index in [1.54, 1.807) is 7.11 Å². The number of rotatable bonds is 2. The van der Waals surface area contributed by atoms with Crippen molar-refractivity contribution >= 4 is 29.2 Å². The number of nitrogens with one attached hydrogen (secondary N) is 2. The Morgan fingerprint density at radius 3 is 3.00 bits per heavy atom. The van der Waals surface area contributed by atoms with Crippen molar-refractivity contribution in [2.24, 2.45) is 0 Å². The molecule has 100 valence electrons. The second-order valence-electron chi connectivity index (χ2n) is 4.68. The van der Waals surface area contributed by atoms with Crippen LogP contribution < -0.4 is 10.1 Å². The Morgan fingerprint density at radius 2 is 2.32 bits per heavy atom. The third-order valence-corrected chi connectivity index (χ3v) is 3.83. The van der Waals surface area contributed by atoms with Crippen LogP contribution in [0.5, 0.6) is 5.75 Å². The van der Waals surface area contributed by atoms with Gasteiger partial charge in [0.2, 0.25) is 5.91 Å². The summed E-state index contributed by atoms with van der Waals surface area (Å²) >= 11 is 5.40. The maximum Gasteiger partial charge on any atom is 0.220 e. The molecule has 1 saturated heterocycles. The summed E-state index contributed by atoms with van der Waals surface area (Å²) in [4.78, 5) is 14.4. The van der Waals surface area contributed by atoms with E-state index in [0.29, 0.717) is 17.7 Å². The van der Waals surface area contributed by atoms with Crippen molar-refractivity contribution in [1.29, 1.82) is 0 Å². The molecule has 0 aliphatic carbocycles. The minimum atomic E-state index is 0.115. The molecular weight excluding hydrogens is 262 g/mol. The molecular formula is C13H15N3O2S.